The van der Waals surface area contributed by atoms with Gasteiger partial charge in [0, 0.05) is 33.5 Å². The van der Waals surface area contributed by atoms with Crippen molar-refractivity contribution in [2.75, 3.05) is 9.80 Å². The maximum absolute atomic E-state index is 2.52. The zero-order valence-electron chi connectivity index (χ0n) is 33.6. The Bertz CT molecular complexity index is 2670. The highest BCUT2D eigenvalue weighted by atomic mass is 15.2. The van der Waals surface area contributed by atoms with Crippen LogP contribution in [0.15, 0.2) is 121 Å². The van der Waals surface area contributed by atoms with E-state index in [1.54, 1.807) is 0 Å². The molecule has 0 aliphatic carbocycles. The summed E-state index contributed by atoms with van der Waals surface area (Å²) in [5.41, 5.74) is 17.6. The third-order valence-corrected chi connectivity index (χ3v) is 11.6. The lowest BCUT2D eigenvalue weighted by Crippen LogP contribution is -2.14. The third kappa shape index (κ3) is 5.89. The highest BCUT2D eigenvalue weighted by molar-refractivity contribution is 6.29. The average molecular weight is 705 g/mol. The van der Waals surface area contributed by atoms with Crippen molar-refractivity contribution in [2.45, 2.75) is 81.1 Å². The molecule has 8 aromatic rings. The number of para-hydroxylation sites is 2. The maximum Gasteiger partial charge on any atom is 0.0543 e. The minimum atomic E-state index is 0.328. The predicted molar refractivity (Wildman–Crippen MR) is 236 cm³/mol. The van der Waals surface area contributed by atoms with Gasteiger partial charge in [-0.15, -0.1) is 0 Å². The van der Waals surface area contributed by atoms with Crippen LogP contribution in [0, 0.1) is 41.5 Å². The molecule has 8 rings (SSSR count). The molecule has 2 nitrogen and oxygen atoms in total. The SMILES string of the molecule is Cc1cc(C)cc(N(c2ccccc2C)c2cc(C(C)C)c3ccc4c(N(c5ccc(C)c(C)c5)c5ccccc5C)cc(C(C)C)c5ccc2c3c54)c1. The topological polar surface area (TPSA) is 6.48 Å². The van der Waals surface area contributed by atoms with E-state index in [0.717, 1.165) is 0 Å². The standard InChI is InChI=1S/C52H52N2/c1-31(2)45-29-49(53(47-17-13-11-15-36(47)8)39-20-19-35(7)38(10)28-39)43-23-21-42-46(32(3)4)30-50(44-24-22-41(45)51(43)52(42)44)54(48-18-14-12-16-37(48)9)40-26-33(5)25-34(6)27-40/h11-32H,1-10H3. The van der Waals surface area contributed by atoms with E-state index in [2.05, 4.69) is 200 Å². The molecule has 0 amide bonds. The quantitative estimate of drug-likeness (QED) is 0.145. The number of nitrogens with zero attached hydrogens (tertiary/aromatic N) is 2. The highest BCUT2D eigenvalue weighted by Gasteiger charge is 2.27. The molecule has 0 N–H and O–H groups in total. The Morgan fingerprint density at radius 3 is 1.24 bits per heavy atom. The fourth-order valence-corrected chi connectivity index (χ4v) is 8.72. The molecular formula is C52H52N2. The second kappa shape index (κ2) is 13.7. The number of hydrogen-bond acceptors (Lipinski definition) is 2. The Morgan fingerprint density at radius 2 is 0.796 bits per heavy atom. The maximum atomic E-state index is 2.52. The summed E-state index contributed by atoms with van der Waals surface area (Å²) in [6, 6.07) is 46.1. The smallest absolute Gasteiger partial charge is 0.0543 e. The number of aryl methyl sites for hydroxylation is 6. The van der Waals surface area contributed by atoms with Crippen LogP contribution in [0.1, 0.15) is 84.0 Å². The van der Waals surface area contributed by atoms with Crippen LogP contribution < -0.4 is 9.80 Å². The first-order valence-corrected chi connectivity index (χ1v) is 19.6. The summed E-state index contributed by atoms with van der Waals surface area (Å²) in [5, 5.41) is 7.93. The monoisotopic (exact) mass is 704 g/mol. The van der Waals surface area contributed by atoms with E-state index in [4.69, 9.17) is 0 Å². The fourth-order valence-electron chi connectivity index (χ4n) is 8.72. The van der Waals surface area contributed by atoms with Crippen molar-refractivity contribution in [2.24, 2.45) is 0 Å². The van der Waals surface area contributed by atoms with E-state index in [1.165, 1.54) is 111 Å². The van der Waals surface area contributed by atoms with Gasteiger partial charge in [-0.3, -0.25) is 0 Å². The van der Waals surface area contributed by atoms with Crippen molar-refractivity contribution >= 4 is 66.4 Å². The van der Waals surface area contributed by atoms with Crippen LogP contribution >= 0.6 is 0 Å². The number of hydrogen-bond donors (Lipinski definition) is 0. The average Bonchev–Trinajstić information content (AvgIpc) is 3.13. The van der Waals surface area contributed by atoms with E-state index in [1.807, 2.05) is 0 Å². The van der Waals surface area contributed by atoms with Gasteiger partial charge < -0.3 is 9.80 Å². The largest absolute Gasteiger partial charge is 0.310 e. The van der Waals surface area contributed by atoms with Gasteiger partial charge in [-0.2, -0.15) is 0 Å². The van der Waals surface area contributed by atoms with Gasteiger partial charge in [-0.1, -0.05) is 100 Å². The lowest BCUT2D eigenvalue weighted by Gasteiger charge is -2.32. The Balaban J connectivity index is 1.54. The number of benzene rings is 8. The zero-order valence-corrected chi connectivity index (χ0v) is 33.6. The summed E-state index contributed by atoms with van der Waals surface area (Å²) >= 11 is 0. The summed E-state index contributed by atoms with van der Waals surface area (Å²) < 4.78 is 0. The van der Waals surface area contributed by atoms with E-state index < -0.39 is 0 Å². The van der Waals surface area contributed by atoms with Crippen LogP contribution in [0.3, 0.4) is 0 Å². The van der Waals surface area contributed by atoms with Gasteiger partial charge in [-0.25, -0.2) is 0 Å². The Kier molecular flexibility index (Phi) is 8.97. The number of rotatable bonds is 8. The molecule has 54 heavy (non-hydrogen) atoms. The molecule has 0 aliphatic heterocycles. The molecular weight excluding hydrogens is 653 g/mol. The second-order valence-electron chi connectivity index (χ2n) is 16.2. The minimum Gasteiger partial charge on any atom is -0.310 e. The van der Waals surface area contributed by atoms with Crippen molar-refractivity contribution in [3.05, 3.63) is 166 Å². The van der Waals surface area contributed by atoms with Crippen molar-refractivity contribution in [3.8, 4) is 0 Å². The second-order valence-corrected chi connectivity index (χ2v) is 16.2. The molecule has 0 fully saturated rings. The molecule has 0 heterocycles. The zero-order chi connectivity index (χ0) is 38.0. The summed E-state index contributed by atoms with van der Waals surface area (Å²) in [7, 11) is 0. The van der Waals surface area contributed by atoms with Crippen LogP contribution in [0.25, 0.3) is 32.3 Å². The van der Waals surface area contributed by atoms with Crippen molar-refractivity contribution in [1.29, 1.82) is 0 Å². The first-order valence-electron chi connectivity index (χ1n) is 19.6. The summed E-state index contributed by atoms with van der Waals surface area (Å²) in [6.07, 6.45) is 0. The molecule has 0 radical (unpaired) electrons. The lowest BCUT2D eigenvalue weighted by molar-refractivity contribution is 0.875. The van der Waals surface area contributed by atoms with E-state index >= 15 is 0 Å². The molecule has 0 saturated carbocycles. The van der Waals surface area contributed by atoms with Crippen molar-refractivity contribution < 1.29 is 0 Å². The van der Waals surface area contributed by atoms with E-state index in [9.17, 15) is 0 Å². The molecule has 0 saturated heterocycles. The van der Waals surface area contributed by atoms with Gasteiger partial charge in [-0.05, 0) is 168 Å². The van der Waals surface area contributed by atoms with Gasteiger partial charge in [0.2, 0.25) is 0 Å². The van der Waals surface area contributed by atoms with Gasteiger partial charge in [0.1, 0.15) is 0 Å². The van der Waals surface area contributed by atoms with Crippen molar-refractivity contribution in [1.82, 2.24) is 0 Å². The molecule has 8 aromatic carbocycles. The third-order valence-electron chi connectivity index (χ3n) is 11.6. The highest BCUT2D eigenvalue weighted by Crippen LogP contribution is 2.51. The van der Waals surface area contributed by atoms with Crippen LogP contribution in [-0.4, -0.2) is 0 Å². The van der Waals surface area contributed by atoms with Gasteiger partial charge >= 0.3 is 0 Å². The molecule has 0 aliphatic rings. The molecule has 2 heteroatoms. The Labute approximate surface area is 322 Å². The van der Waals surface area contributed by atoms with Crippen LogP contribution in [0.2, 0.25) is 0 Å². The molecule has 0 bridgehead atoms. The first-order chi connectivity index (χ1) is 25.9. The minimum absolute atomic E-state index is 0.328. The van der Waals surface area contributed by atoms with Gasteiger partial charge in [0.05, 0.1) is 11.4 Å². The fraction of sp³-hybridized carbons (Fsp3) is 0.231. The van der Waals surface area contributed by atoms with Crippen LogP contribution in [0.5, 0.6) is 0 Å². The molecule has 0 unspecified atom stereocenters. The Hall–Kier alpha value is -5.60. The van der Waals surface area contributed by atoms with E-state index in [-0.39, 0.29) is 0 Å². The molecule has 270 valence electrons. The van der Waals surface area contributed by atoms with Gasteiger partial charge in [0.25, 0.3) is 0 Å². The summed E-state index contributed by atoms with van der Waals surface area (Å²) in [5.74, 6) is 0.656. The lowest BCUT2D eigenvalue weighted by atomic mass is 9.84. The van der Waals surface area contributed by atoms with Crippen molar-refractivity contribution in [3.63, 3.8) is 0 Å². The van der Waals surface area contributed by atoms with Gasteiger partial charge in [0.15, 0.2) is 0 Å². The number of anilines is 6. The summed E-state index contributed by atoms with van der Waals surface area (Å²) in [6.45, 7) is 22.7. The van der Waals surface area contributed by atoms with Crippen LogP contribution in [0.4, 0.5) is 34.1 Å². The summed E-state index contributed by atoms with van der Waals surface area (Å²) in [4.78, 5) is 5.03. The normalized spacial score (nSPS) is 11.9. The van der Waals surface area contributed by atoms with E-state index in [0.29, 0.717) is 11.8 Å². The molecule has 0 atom stereocenters. The molecule has 0 spiro atoms. The Morgan fingerprint density at radius 1 is 0.352 bits per heavy atom. The first kappa shape index (κ1) is 35.4. The molecule has 0 aromatic heterocycles. The predicted octanol–water partition coefficient (Wildman–Crippen LogP) is 15.6. The van der Waals surface area contributed by atoms with Crippen LogP contribution in [-0.2, 0) is 0 Å².